The average molecular weight is 340 g/mol. The third-order valence-electron chi connectivity index (χ3n) is 4.37. The van der Waals surface area contributed by atoms with E-state index in [4.69, 9.17) is 4.74 Å². The Morgan fingerprint density at radius 2 is 2.15 bits per heavy atom. The van der Waals surface area contributed by atoms with Crippen molar-refractivity contribution in [3.05, 3.63) is 28.2 Å². The number of ether oxygens (including phenoxy) is 1. The Labute approximate surface area is 131 Å². The van der Waals surface area contributed by atoms with E-state index in [1.165, 1.54) is 29.3 Å². The highest BCUT2D eigenvalue weighted by Crippen LogP contribution is 2.47. The van der Waals surface area contributed by atoms with Gasteiger partial charge in [-0.2, -0.15) is 0 Å². The molecule has 0 saturated heterocycles. The van der Waals surface area contributed by atoms with Gasteiger partial charge in [-0.15, -0.1) is 0 Å². The molecule has 112 valence electrons. The third kappa shape index (κ3) is 3.98. The second-order valence-corrected chi connectivity index (χ2v) is 7.09. The smallest absolute Gasteiger partial charge is 0.119 e. The molecule has 1 atom stereocenters. The lowest BCUT2D eigenvalue weighted by Gasteiger charge is -2.31. The van der Waals surface area contributed by atoms with Crippen molar-refractivity contribution in [2.45, 2.75) is 39.5 Å². The van der Waals surface area contributed by atoms with E-state index in [0.29, 0.717) is 5.41 Å². The van der Waals surface area contributed by atoms with Crippen molar-refractivity contribution in [1.82, 2.24) is 5.32 Å². The first kappa shape index (κ1) is 15.8. The van der Waals surface area contributed by atoms with E-state index >= 15 is 0 Å². The monoisotopic (exact) mass is 339 g/mol. The molecule has 1 aliphatic carbocycles. The van der Waals surface area contributed by atoms with Crippen molar-refractivity contribution in [3.63, 3.8) is 0 Å². The second-order valence-electron chi connectivity index (χ2n) is 6.24. The van der Waals surface area contributed by atoms with Gasteiger partial charge in [-0.05, 0) is 67.3 Å². The first-order valence-electron chi connectivity index (χ1n) is 7.62. The highest BCUT2D eigenvalue weighted by atomic mass is 79.9. The fourth-order valence-electron chi connectivity index (χ4n) is 2.93. The number of rotatable bonds is 8. The molecule has 3 heteroatoms. The van der Waals surface area contributed by atoms with Crippen molar-refractivity contribution >= 4 is 15.9 Å². The summed E-state index contributed by atoms with van der Waals surface area (Å²) in [5, 5.41) is 3.62. The number of benzene rings is 1. The predicted octanol–water partition coefficient (Wildman–Crippen LogP) is 4.42. The first-order valence-corrected chi connectivity index (χ1v) is 8.41. The van der Waals surface area contributed by atoms with Crippen LogP contribution in [0.3, 0.4) is 0 Å². The molecule has 2 nitrogen and oxygen atoms in total. The molecule has 0 bridgehead atoms. The molecule has 20 heavy (non-hydrogen) atoms. The van der Waals surface area contributed by atoms with Crippen LogP contribution in [-0.4, -0.2) is 20.2 Å². The van der Waals surface area contributed by atoms with E-state index < -0.39 is 0 Å². The molecule has 1 N–H and O–H groups in total. The van der Waals surface area contributed by atoms with Crippen molar-refractivity contribution < 1.29 is 4.74 Å². The fraction of sp³-hybridized carbons (Fsp3) is 0.647. The van der Waals surface area contributed by atoms with Crippen molar-refractivity contribution in [1.29, 1.82) is 0 Å². The SMILES string of the molecule is CCCNCC(C)(Cc1cc(OC)ccc1Br)C1CC1. The maximum atomic E-state index is 5.36. The molecular formula is C17H26BrNO. The zero-order chi connectivity index (χ0) is 14.6. The van der Waals surface area contributed by atoms with Crippen molar-refractivity contribution in [2.75, 3.05) is 20.2 Å². The predicted molar refractivity (Wildman–Crippen MR) is 88.4 cm³/mol. The van der Waals surface area contributed by atoms with Crippen LogP contribution >= 0.6 is 15.9 Å². The minimum Gasteiger partial charge on any atom is -0.497 e. The van der Waals surface area contributed by atoms with Crippen LogP contribution in [0.25, 0.3) is 0 Å². The van der Waals surface area contributed by atoms with E-state index in [-0.39, 0.29) is 0 Å². The summed E-state index contributed by atoms with van der Waals surface area (Å²) in [4.78, 5) is 0. The number of hydrogen-bond acceptors (Lipinski definition) is 2. The van der Waals surface area contributed by atoms with Gasteiger partial charge in [0.25, 0.3) is 0 Å². The van der Waals surface area contributed by atoms with Gasteiger partial charge in [0.05, 0.1) is 7.11 Å². The van der Waals surface area contributed by atoms with Crippen LogP contribution in [0.4, 0.5) is 0 Å². The van der Waals surface area contributed by atoms with E-state index in [1.54, 1.807) is 7.11 Å². The van der Waals surface area contributed by atoms with Gasteiger partial charge in [0, 0.05) is 11.0 Å². The molecule has 0 aromatic heterocycles. The molecule has 1 fully saturated rings. The van der Waals surface area contributed by atoms with E-state index in [9.17, 15) is 0 Å². The third-order valence-corrected chi connectivity index (χ3v) is 5.14. The number of methoxy groups -OCH3 is 1. The zero-order valence-corrected chi connectivity index (χ0v) is 14.4. The molecule has 0 radical (unpaired) electrons. The normalized spacial score (nSPS) is 17.8. The molecular weight excluding hydrogens is 314 g/mol. The molecule has 1 aromatic rings. The van der Waals surface area contributed by atoms with Gasteiger partial charge >= 0.3 is 0 Å². The maximum Gasteiger partial charge on any atom is 0.119 e. The number of nitrogens with one attached hydrogen (secondary N) is 1. The van der Waals surface area contributed by atoms with E-state index in [1.807, 2.05) is 6.07 Å². The summed E-state index contributed by atoms with van der Waals surface area (Å²) in [6, 6.07) is 6.28. The summed E-state index contributed by atoms with van der Waals surface area (Å²) < 4.78 is 6.56. The molecule has 0 heterocycles. The summed E-state index contributed by atoms with van der Waals surface area (Å²) in [5.74, 6) is 1.81. The highest BCUT2D eigenvalue weighted by molar-refractivity contribution is 9.10. The Morgan fingerprint density at radius 1 is 1.40 bits per heavy atom. The Bertz CT molecular complexity index is 445. The second kappa shape index (κ2) is 6.95. The Hall–Kier alpha value is -0.540. The number of hydrogen-bond donors (Lipinski definition) is 1. The Kier molecular flexibility index (Phi) is 5.50. The average Bonchev–Trinajstić information content (AvgIpc) is 3.26. The summed E-state index contributed by atoms with van der Waals surface area (Å²) in [5.41, 5.74) is 1.71. The lowest BCUT2D eigenvalue weighted by molar-refractivity contribution is 0.255. The Morgan fingerprint density at radius 3 is 2.75 bits per heavy atom. The summed E-state index contributed by atoms with van der Waals surface area (Å²) in [6.45, 7) is 6.87. The van der Waals surface area contributed by atoms with Gasteiger partial charge in [0.1, 0.15) is 5.75 Å². The van der Waals surface area contributed by atoms with Gasteiger partial charge in [-0.25, -0.2) is 0 Å². The molecule has 0 aliphatic heterocycles. The van der Waals surface area contributed by atoms with Gasteiger partial charge < -0.3 is 10.1 Å². The van der Waals surface area contributed by atoms with E-state index in [0.717, 1.165) is 31.2 Å². The van der Waals surface area contributed by atoms with Crippen LogP contribution in [0.2, 0.25) is 0 Å². The minimum absolute atomic E-state index is 0.351. The summed E-state index contributed by atoms with van der Waals surface area (Å²) in [7, 11) is 1.73. The lowest BCUT2D eigenvalue weighted by atomic mass is 9.78. The van der Waals surface area contributed by atoms with Crippen LogP contribution in [0, 0.1) is 11.3 Å². The van der Waals surface area contributed by atoms with Gasteiger partial charge in [0.15, 0.2) is 0 Å². The quantitative estimate of drug-likeness (QED) is 0.708. The van der Waals surface area contributed by atoms with Crippen LogP contribution in [0.1, 0.15) is 38.7 Å². The molecule has 1 aromatic carbocycles. The van der Waals surface area contributed by atoms with Gasteiger partial charge in [0.2, 0.25) is 0 Å². The molecule has 1 aliphatic rings. The number of halogens is 1. The topological polar surface area (TPSA) is 21.3 Å². The standard InChI is InChI=1S/C17H26BrNO/c1-4-9-19-12-17(2,14-5-6-14)11-13-10-15(20-3)7-8-16(13)18/h7-8,10,14,19H,4-6,9,11-12H2,1-3H3. The van der Waals surface area contributed by atoms with Crippen molar-refractivity contribution in [2.24, 2.45) is 11.3 Å². The molecule has 1 saturated carbocycles. The lowest BCUT2D eigenvalue weighted by Crippen LogP contribution is -2.36. The highest BCUT2D eigenvalue weighted by Gasteiger charge is 2.41. The summed E-state index contributed by atoms with van der Waals surface area (Å²) >= 11 is 3.69. The zero-order valence-electron chi connectivity index (χ0n) is 12.8. The molecule has 2 rings (SSSR count). The Balaban J connectivity index is 2.11. The van der Waals surface area contributed by atoms with Gasteiger partial charge in [-0.1, -0.05) is 29.8 Å². The maximum absolute atomic E-state index is 5.36. The van der Waals surface area contributed by atoms with Crippen molar-refractivity contribution in [3.8, 4) is 5.75 Å². The van der Waals surface area contributed by atoms with Crippen LogP contribution in [0.5, 0.6) is 5.75 Å². The van der Waals surface area contributed by atoms with Crippen LogP contribution < -0.4 is 10.1 Å². The molecule has 0 amide bonds. The van der Waals surface area contributed by atoms with Crippen LogP contribution in [-0.2, 0) is 6.42 Å². The summed E-state index contributed by atoms with van der Waals surface area (Å²) in [6.07, 6.45) is 5.06. The van der Waals surface area contributed by atoms with Crippen LogP contribution in [0.15, 0.2) is 22.7 Å². The largest absolute Gasteiger partial charge is 0.497 e. The first-order chi connectivity index (χ1) is 9.59. The van der Waals surface area contributed by atoms with Gasteiger partial charge in [-0.3, -0.25) is 0 Å². The fourth-order valence-corrected chi connectivity index (χ4v) is 3.32. The minimum atomic E-state index is 0.351. The van der Waals surface area contributed by atoms with E-state index in [2.05, 4.69) is 47.2 Å². The molecule has 1 unspecified atom stereocenters. The molecule has 0 spiro atoms.